The van der Waals surface area contributed by atoms with E-state index in [1.165, 1.54) is 22.9 Å². The van der Waals surface area contributed by atoms with Crippen LogP contribution in [0.1, 0.15) is 25.0 Å². The standard InChI is InChI=1S/C21H24N4OS/c1-3-16-9-11-18(12-10-16)19-23-21(25-24-19)27-15(2)20(26)22-14-13-17-7-5-4-6-8-17/h4-12,15H,3,13-14H2,1-2H3,(H,22,26)(H,23,24,25)/t15-/m1/s1. The fourth-order valence-electron chi connectivity index (χ4n) is 2.66. The minimum Gasteiger partial charge on any atom is -0.355 e. The van der Waals surface area contributed by atoms with Gasteiger partial charge in [-0.1, -0.05) is 73.3 Å². The number of hydrogen-bond donors (Lipinski definition) is 2. The van der Waals surface area contributed by atoms with Crippen LogP contribution in [0.15, 0.2) is 59.8 Å². The number of carbonyl (C=O) groups excluding carboxylic acids is 1. The summed E-state index contributed by atoms with van der Waals surface area (Å²) >= 11 is 1.36. The van der Waals surface area contributed by atoms with E-state index in [1.54, 1.807) is 0 Å². The van der Waals surface area contributed by atoms with Crippen LogP contribution < -0.4 is 5.32 Å². The highest BCUT2D eigenvalue weighted by Crippen LogP contribution is 2.23. The Kier molecular flexibility index (Phi) is 6.65. The van der Waals surface area contributed by atoms with Crippen molar-refractivity contribution in [2.45, 2.75) is 37.1 Å². The number of aryl methyl sites for hydroxylation is 1. The zero-order chi connectivity index (χ0) is 19.1. The van der Waals surface area contributed by atoms with Crippen molar-refractivity contribution < 1.29 is 4.79 Å². The average Bonchev–Trinajstić information content (AvgIpc) is 3.17. The quantitative estimate of drug-likeness (QED) is 0.582. The third-order valence-electron chi connectivity index (χ3n) is 4.31. The highest BCUT2D eigenvalue weighted by Gasteiger charge is 2.17. The Labute approximate surface area is 164 Å². The molecule has 2 N–H and O–H groups in total. The number of thioether (sulfide) groups is 1. The van der Waals surface area contributed by atoms with Gasteiger partial charge in [-0.2, -0.15) is 0 Å². The van der Waals surface area contributed by atoms with Gasteiger partial charge in [-0.15, -0.1) is 5.10 Å². The molecule has 1 aromatic heterocycles. The van der Waals surface area contributed by atoms with Crippen LogP contribution in [0.5, 0.6) is 0 Å². The lowest BCUT2D eigenvalue weighted by Crippen LogP contribution is -2.32. The van der Waals surface area contributed by atoms with Gasteiger partial charge < -0.3 is 5.32 Å². The fraction of sp³-hybridized carbons (Fsp3) is 0.286. The molecule has 1 heterocycles. The second kappa shape index (κ2) is 9.37. The molecule has 0 aliphatic heterocycles. The van der Waals surface area contributed by atoms with Gasteiger partial charge in [0.2, 0.25) is 11.1 Å². The third-order valence-corrected chi connectivity index (χ3v) is 5.27. The normalized spacial score (nSPS) is 11.9. The summed E-state index contributed by atoms with van der Waals surface area (Å²) in [7, 11) is 0. The summed E-state index contributed by atoms with van der Waals surface area (Å²) in [6.07, 6.45) is 1.83. The molecule has 5 nitrogen and oxygen atoms in total. The van der Waals surface area contributed by atoms with E-state index in [0.29, 0.717) is 11.7 Å². The second-order valence-electron chi connectivity index (χ2n) is 6.30. The van der Waals surface area contributed by atoms with E-state index in [2.05, 4.69) is 51.7 Å². The smallest absolute Gasteiger partial charge is 0.233 e. The zero-order valence-electron chi connectivity index (χ0n) is 15.6. The zero-order valence-corrected chi connectivity index (χ0v) is 16.4. The average molecular weight is 381 g/mol. The molecule has 2 aromatic carbocycles. The fourth-order valence-corrected chi connectivity index (χ4v) is 3.41. The molecule has 0 unspecified atom stereocenters. The second-order valence-corrected chi connectivity index (χ2v) is 7.61. The molecule has 0 radical (unpaired) electrons. The minimum atomic E-state index is -0.258. The molecule has 0 aliphatic rings. The summed E-state index contributed by atoms with van der Waals surface area (Å²) in [4.78, 5) is 16.8. The van der Waals surface area contributed by atoms with Crippen molar-refractivity contribution in [3.8, 4) is 11.4 Å². The predicted molar refractivity (Wildman–Crippen MR) is 110 cm³/mol. The number of rotatable bonds is 8. The third kappa shape index (κ3) is 5.44. The van der Waals surface area contributed by atoms with Crippen molar-refractivity contribution in [2.24, 2.45) is 0 Å². The molecule has 6 heteroatoms. The summed E-state index contributed by atoms with van der Waals surface area (Å²) in [5.41, 5.74) is 3.49. The maximum absolute atomic E-state index is 12.3. The van der Waals surface area contributed by atoms with Gasteiger partial charge in [0.1, 0.15) is 0 Å². The molecule has 1 amide bonds. The molecule has 3 rings (SSSR count). The first-order valence-electron chi connectivity index (χ1n) is 9.15. The Morgan fingerprint density at radius 1 is 1.11 bits per heavy atom. The number of aromatic nitrogens is 3. The lowest BCUT2D eigenvalue weighted by atomic mass is 10.1. The number of nitrogens with zero attached hydrogens (tertiary/aromatic N) is 2. The highest BCUT2D eigenvalue weighted by atomic mass is 32.2. The molecule has 0 saturated heterocycles. The maximum Gasteiger partial charge on any atom is 0.233 e. The summed E-state index contributed by atoms with van der Waals surface area (Å²) in [5.74, 6) is 0.714. The van der Waals surface area contributed by atoms with Gasteiger partial charge >= 0.3 is 0 Å². The van der Waals surface area contributed by atoms with E-state index in [9.17, 15) is 4.79 Å². The van der Waals surface area contributed by atoms with Gasteiger partial charge in [0.15, 0.2) is 5.82 Å². The molecule has 3 aromatic rings. The molecule has 1 atom stereocenters. The number of hydrogen-bond acceptors (Lipinski definition) is 4. The largest absolute Gasteiger partial charge is 0.355 e. The molecule has 0 aliphatic carbocycles. The van der Waals surface area contributed by atoms with E-state index in [1.807, 2.05) is 37.3 Å². The van der Waals surface area contributed by atoms with Crippen LogP contribution in [0, 0.1) is 0 Å². The van der Waals surface area contributed by atoms with Gasteiger partial charge in [0.05, 0.1) is 5.25 Å². The lowest BCUT2D eigenvalue weighted by Gasteiger charge is -2.10. The monoisotopic (exact) mass is 380 g/mol. The van der Waals surface area contributed by atoms with Gasteiger partial charge in [-0.25, -0.2) is 4.98 Å². The Morgan fingerprint density at radius 3 is 2.56 bits per heavy atom. The van der Waals surface area contributed by atoms with Gasteiger partial charge in [-0.05, 0) is 30.9 Å². The van der Waals surface area contributed by atoms with E-state index in [4.69, 9.17) is 0 Å². The number of H-pyrrole nitrogens is 1. The van der Waals surface area contributed by atoms with E-state index in [0.717, 1.165) is 24.2 Å². The SMILES string of the molecule is CCc1ccc(-c2nc(S[C@H](C)C(=O)NCCc3ccccc3)n[nH]2)cc1. The van der Waals surface area contributed by atoms with Crippen molar-refractivity contribution in [1.29, 1.82) is 0 Å². The van der Waals surface area contributed by atoms with Crippen LogP contribution in [-0.2, 0) is 17.6 Å². The van der Waals surface area contributed by atoms with Crippen LogP contribution >= 0.6 is 11.8 Å². The number of nitrogens with one attached hydrogen (secondary N) is 2. The van der Waals surface area contributed by atoms with Gasteiger partial charge in [0.25, 0.3) is 0 Å². The van der Waals surface area contributed by atoms with Crippen LogP contribution in [0.4, 0.5) is 0 Å². The maximum atomic E-state index is 12.3. The summed E-state index contributed by atoms with van der Waals surface area (Å²) in [5, 5.41) is 10.5. The van der Waals surface area contributed by atoms with Gasteiger partial charge in [0, 0.05) is 12.1 Å². The Balaban J connectivity index is 1.50. The first-order valence-corrected chi connectivity index (χ1v) is 10.0. The summed E-state index contributed by atoms with van der Waals surface area (Å²) < 4.78 is 0. The van der Waals surface area contributed by atoms with Crippen LogP contribution in [0.25, 0.3) is 11.4 Å². The number of carbonyl (C=O) groups is 1. The Morgan fingerprint density at radius 2 is 1.85 bits per heavy atom. The molecule has 0 fully saturated rings. The van der Waals surface area contributed by atoms with Crippen molar-refractivity contribution in [3.05, 3.63) is 65.7 Å². The summed E-state index contributed by atoms with van der Waals surface area (Å²) in [6, 6.07) is 18.4. The van der Waals surface area contributed by atoms with E-state index < -0.39 is 0 Å². The first-order chi connectivity index (χ1) is 13.2. The molecule has 140 valence electrons. The molecular weight excluding hydrogens is 356 g/mol. The Bertz CT molecular complexity index is 861. The van der Waals surface area contributed by atoms with E-state index >= 15 is 0 Å². The lowest BCUT2D eigenvalue weighted by molar-refractivity contribution is -0.120. The topological polar surface area (TPSA) is 70.7 Å². The van der Waals surface area contributed by atoms with Crippen molar-refractivity contribution in [2.75, 3.05) is 6.54 Å². The number of benzene rings is 2. The van der Waals surface area contributed by atoms with Crippen molar-refractivity contribution in [1.82, 2.24) is 20.5 Å². The summed E-state index contributed by atoms with van der Waals surface area (Å²) in [6.45, 7) is 4.62. The Hall–Kier alpha value is -2.60. The minimum absolute atomic E-state index is 0.00502. The van der Waals surface area contributed by atoms with Crippen molar-refractivity contribution in [3.63, 3.8) is 0 Å². The first kappa shape index (κ1) is 19.2. The predicted octanol–water partition coefficient (Wildman–Crippen LogP) is 3.87. The molecule has 0 spiro atoms. The number of aromatic amines is 1. The van der Waals surface area contributed by atoms with Crippen LogP contribution in [0.2, 0.25) is 0 Å². The molecule has 27 heavy (non-hydrogen) atoms. The highest BCUT2D eigenvalue weighted by molar-refractivity contribution is 8.00. The molecule has 0 bridgehead atoms. The van der Waals surface area contributed by atoms with Crippen LogP contribution in [-0.4, -0.2) is 32.9 Å². The molecule has 0 saturated carbocycles. The van der Waals surface area contributed by atoms with Crippen LogP contribution in [0.3, 0.4) is 0 Å². The molecular formula is C21H24N4OS. The van der Waals surface area contributed by atoms with Crippen molar-refractivity contribution >= 4 is 17.7 Å². The van der Waals surface area contributed by atoms with Gasteiger partial charge in [-0.3, -0.25) is 9.89 Å². The van der Waals surface area contributed by atoms with E-state index in [-0.39, 0.29) is 11.2 Å². The number of amides is 1.